The number of halogens is 1. The number of aliphatic hydroxyl groups excluding tert-OH is 1. The minimum atomic E-state index is -0.288. The van der Waals surface area contributed by atoms with E-state index in [2.05, 4.69) is 4.98 Å². The monoisotopic (exact) mass is 196 g/mol. The van der Waals surface area contributed by atoms with E-state index in [9.17, 15) is 9.50 Å². The van der Waals surface area contributed by atoms with Crippen LogP contribution in [-0.4, -0.2) is 29.3 Å². The average Bonchev–Trinajstić information content (AvgIpc) is 2.20. The molecule has 1 aliphatic rings. The van der Waals surface area contributed by atoms with E-state index in [1.165, 1.54) is 6.07 Å². The van der Waals surface area contributed by atoms with Crippen LogP contribution < -0.4 is 4.90 Å². The summed E-state index contributed by atoms with van der Waals surface area (Å²) in [5.74, 6) is 0.114. The number of pyridine rings is 1. The number of rotatable bonds is 1. The second-order valence-corrected chi connectivity index (χ2v) is 3.53. The lowest BCUT2D eigenvalue weighted by molar-refractivity contribution is 0.145. The van der Waals surface area contributed by atoms with Crippen LogP contribution in [0.15, 0.2) is 18.3 Å². The summed E-state index contributed by atoms with van der Waals surface area (Å²) in [6, 6.07) is 2.99. The third kappa shape index (κ3) is 1.85. The summed E-state index contributed by atoms with van der Waals surface area (Å²) in [6.07, 6.45) is 2.73. The zero-order valence-electron chi connectivity index (χ0n) is 7.86. The number of aromatic nitrogens is 1. The first-order valence-electron chi connectivity index (χ1n) is 4.81. The number of piperidine rings is 1. The van der Waals surface area contributed by atoms with E-state index in [0.29, 0.717) is 31.7 Å². The van der Waals surface area contributed by atoms with Gasteiger partial charge in [0.2, 0.25) is 0 Å². The van der Waals surface area contributed by atoms with E-state index in [1.54, 1.807) is 12.3 Å². The number of nitrogens with zero attached hydrogens (tertiary/aromatic N) is 2. The Labute approximate surface area is 82.2 Å². The van der Waals surface area contributed by atoms with E-state index in [0.717, 1.165) is 0 Å². The van der Waals surface area contributed by atoms with Crippen molar-refractivity contribution in [3.8, 4) is 0 Å². The lowest BCUT2D eigenvalue weighted by Gasteiger charge is -2.30. The SMILES string of the molecule is OC1CCN(c2ncccc2F)CC1. The van der Waals surface area contributed by atoms with Gasteiger partial charge in [0.1, 0.15) is 0 Å². The molecule has 4 heteroatoms. The molecule has 1 aliphatic heterocycles. The Morgan fingerprint density at radius 1 is 1.43 bits per heavy atom. The molecule has 1 aromatic rings. The number of aliphatic hydroxyl groups is 1. The molecular weight excluding hydrogens is 183 g/mol. The van der Waals surface area contributed by atoms with Crippen LogP contribution in [0.25, 0.3) is 0 Å². The van der Waals surface area contributed by atoms with Gasteiger partial charge in [0.25, 0.3) is 0 Å². The molecule has 3 nitrogen and oxygen atoms in total. The molecule has 2 rings (SSSR count). The van der Waals surface area contributed by atoms with Crippen molar-refractivity contribution in [2.24, 2.45) is 0 Å². The molecule has 0 unspecified atom stereocenters. The standard InChI is InChI=1S/C10H13FN2O/c11-9-2-1-5-12-10(9)13-6-3-8(14)4-7-13/h1-2,5,8,14H,3-4,6-7H2. The Morgan fingerprint density at radius 2 is 2.14 bits per heavy atom. The second-order valence-electron chi connectivity index (χ2n) is 3.53. The Hall–Kier alpha value is -1.16. The van der Waals surface area contributed by atoms with Gasteiger partial charge in [-0.25, -0.2) is 9.37 Å². The first-order chi connectivity index (χ1) is 6.77. The molecule has 1 saturated heterocycles. The lowest BCUT2D eigenvalue weighted by atomic mass is 10.1. The van der Waals surface area contributed by atoms with Crippen molar-refractivity contribution in [2.75, 3.05) is 18.0 Å². The molecule has 0 amide bonds. The van der Waals surface area contributed by atoms with Gasteiger partial charge in [-0.05, 0) is 25.0 Å². The highest BCUT2D eigenvalue weighted by molar-refractivity contribution is 5.39. The summed E-state index contributed by atoms with van der Waals surface area (Å²) < 4.78 is 13.3. The molecule has 0 saturated carbocycles. The fourth-order valence-electron chi connectivity index (χ4n) is 1.69. The number of hydrogen-bond acceptors (Lipinski definition) is 3. The summed E-state index contributed by atoms with van der Waals surface area (Å²) in [5, 5.41) is 9.30. The van der Waals surface area contributed by atoms with Gasteiger partial charge in [0.05, 0.1) is 6.10 Å². The molecule has 0 radical (unpaired) electrons. The van der Waals surface area contributed by atoms with Gasteiger partial charge in [0, 0.05) is 19.3 Å². The first kappa shape index (κ1) is 9.40. The maximum absolute atomic E-state index is 13.3. The molecule has 14 heavy (non-hydrogen) atoms. The quantitative estimate of drug-likeness (QED) is 0.732. The first-order valence-corrected chi connectivity index (χ1v) is 4.81. The fourth-order valence-corrected chi connectivity index (χ4v) is 1.69. The molecule has 0 atom stereocenters. The third-order valence-electron chi connectivity index (χ3n) is 2.50. The number of hydrogen-bond donors (Lipinski definition) is 1. The van der Waals surface area contributed by atoms with E-state index >= 15 is 0 Å². The molecule has 2 heterocycles. The molecule has 0 bridgehead atoms. The smallest absolute Gasteiger partial charge is 0.165 e. The van der Waals surface area contributed by atoms with Crippen LogP contribution in [0, 0.1) is 5.82 Å². The molecule has 0 spiro atoms. The van der Waals surface area contributed by atoms with Crippen molar-refractivity contribution in [2.45, 2.75) is 18.9 Å². The van der Waals surface area contributed by atoms with Crippen LogP contribution in [0.4, 0.5) is 10.2 Å². The maximum atomic E-state index is 13.3. The average molecular weight is 196 g/mol. The Morgan fingerprint density at radius 3 is 2.79 bits per heavy atom. The van der Waals surface area contributed by atoms with Gasteiger partial charge in [0.15, 0.2) is 11.6 Å². The van der Waals surface area contributed by atoms with Gasteiger partial charge in [-0.2, -0.15) is 0 Å². The predicted octanol–water partition coefficient (Wildman–Crippen LogP) is 1.18. The number of anilines is 1. The van der Waals surface area contributed by atoms with Crippen LogP contribution >= 0.6 is 0 Å². The molecule has 1 fully saturated rings. The molecular formula is C10H13FN2O. The summed E-state index contributed by atoms with van der Waals surface area (Å²) in [5.41, 5.74) is 0. The maximum Gasteiger partial charge on any atom is 0.165 e. The molecule has 0 aliphatic carbocycles. The fraction of sp³-hybridized carbons (Fsp3) is 0.500. The summed E-state index contributed by atoms with van der Waals surface area (Å²) in [7, 11) is 0. The molecule has 76 valence electrons. The highest BCUT2D eigenvalue weighted by Crippen LogP contribution is 2.20. The largest absolute Gasteiger partial charge is 0.393 e. The van der Waals surface area contributed by atoms with Gasteiger partial charge >= 0.3 is 0 Å². The van der Waals surface area contributed by atoms with Crippen LogP contribution in [0.2, 0.25) is 0 Å². The molecule has 0 aromatic carbocycles. The van der Waals surface area contributed by atoms with Crippen molar-refractivity contribution in [1.82, 2.24) is 4.98 Å². The van der Waals surface area contributed by atoms with Crippen molar-refractivity contribution in [3.05, 3.63) is 24.1 Å². The lowest BCUT2D eigenvalue weighted by Crippen LogP contribution is -2.36. The van der Waals surface area contributed by atoms with Gasteiger partial charge in [-0.3, -0.25) is 0 Å². The van der Waals surface area contributed by atoms with E-state index in [-0.39, 0.29) is 11.9 Å². The normalized spacial score (nSPS) is 18.6. The Kier molecular flexibility index (Phi) is 2.63. The van der Waals surface area contributed by atoms with E-state index in [4.69, 9.17) is 0 Å². The van der Waals surface area contributed by atoms with Gasteiger partial charge < -0.3 is 10.0 Å². The second kappa shape index (κ2) is 3.92. The van der Waals surface area contributed by atoms with E-state index in [1.807, 2.05) is 4.90 Å². The minimum Gasteiger partial charge on any atom is -0.393 e. The highest BCUT2D eigenvalue weighted by atomic mass is 19.1. The summed E-state index contributed by atoms with van der Waals surface area (Å²) in [4.78, 5) is 5.87. The highest BCUT2D eigenvalue weighted by Gasteiger charge is 2.19. The van der Waals surface area contributed by atoms with Crippen LogP contribution in [-0.2, 0) is 0 Å². The van der Waals surface area contributed by atoms with Crippen molar-refractivity contribution in [3.63, 3.8) is 0 Å². The van der Waals surface area contributed by atoms with E-state index < -0.39 is 0 Å². The molecule has 1 aromatic heterocycles. The molecule has 1 N–H and O–H groups in total. The Balaban J connectivity index is 2.12. The predicted molar refractivity (Wildman–Crippen MR) is 51.6 cm³/mol. The summed E-state index contributed by atoms with van der Waals surface area (Å²) >= 11 is 0. The third-order valence-corrected chi connectivity index (χ3v) is 2.50. The zero-order valence-corrected chi connectivity index (χ0v) is 7.86. The summed E-state index contributed by atoms with van der Waals surface area (Å²) in [6.45, 7) is 1.35. The van der Waals surface area contributed by atoms with Gasteiger partial charge in [-0.1, -0.05) is 0 Å². The Bertz CT molecular complexity index is 311. The van der Waals surface area contributed by atoms with Crippen LogP contribution in [0.3, 0.4) is 0 Å². The van der Waals surface area contributed by atoms with Crippen LogP contribution in [0.5, 0.6) is 0 Å². The van der Waals surface area contributed by atoms with Crippen molar-refractivity contribution < 1.29 is 9.50 Å². The zero-order chi connectivity index (χ0) is 9.97. The van der Waals surface area contributed by atoms with Crippen molar-refractivity contribution in [1.29, 1.82) is 0 Å². The van der Waals surface area contributed by atoms with Crippen LogP contribution in [0.1, 0.15) is 12.8 Å². The van der Waals surface area contributed by atoms with Crippen molar-refractivity contribution >= 4 is 5.82 Å². The minimum absolute atomic E-state index is 0.238. The topological polar surface area (TPSA) is 36.4 Å². The van der Waals surface area contributed by atoms with Gasteiger partial charge in [-0.15, -0.1) is 0 Å².